The molecule has 0 unspecified atom stereocenters. The van der Waals surface area contributed by atoms with E-state index >= 15 is 0 Å². The lowest BCUT2D eigenvalue weighted by atomic mass is 10.1. The van der Waals surface area contributed by atoms with Gasteiger partial charge >= 0.3 is 0 Å². The number of phenols is 1. The van der Waals surface area contributed by atoms with Crippen molar-refractivity contribution >= 4 is 27.5 Å². The number of hydrogen-bond donors (Lipinski definition) is 2. The number of carbonyl (C=O) groups is 1. The molecule has 25 heavy (non-hydrogen) atoms. The summed E-state index contributed by atoms with van der Waals surface area (Å²) in [6.45, 7) is 4.69. The Morgan fingerprint density at radius 3 is 2.72 bits per heavy atom. The molecule has 0 spiro atoms. The molecule has 2 N–H and O–H groups in total. The van der Waals surface area contributed by atoms with Crippen LogP contribution in [0.15, 0.2) is 35.4 Å². The zero-order valence-corrected chi connectivity index (χ0v) is 14.9. The monoisotopic (exact) mass is 357 g/mol. The van der Waals surface area contributed by atoms with Gasteiger partial charge in [-0.1, -0.05) is 12.1 Å². The van der Waals surface area contributed by atoms with Gasteiger partial charge in [0.2, 0.25) is 0 Å². The minimum atomic E-state index is -0.193. The Hall–Kier alpha value is -2.67. The van der Waals surface area contributed by atoms with E-state index in [2.05, 4.69) is 10.3 Å². The minimum Gasteiger partial charge on any atom is -0.508 e. The third-order valence-electron chi connectivity index (χ3n) is 4.10. The van der Waals surface area contributed by atoms with E-state index in [0.29, 0.717) is 40.2 Å². The molecule has 130 valence electrons. The molecule has 2 heterocycles. The highest BCUT2D eigenvalue weighted by Gasteiger charge is 2.18. The number of rotatable bonds is 5. The summed E-state index contributed by atoms with van der Waals surface area (Å²) in [5.74, 6) is 0.0284. The van der Waals surface area contributed by atoms with E-state index in [1.807, 2.05) is 19.1 Å². The van der Waals surface area contributed by atoms with Crippen molar-refractivity contribution in [2.75, 3.05) is 6.54 Å². The lowest BCUT2D eigenvalue weighted by Gasteiger charge is -2.05. The number of nitrogens with one attached hydrogen (secondary N) is 1. The fraction of sp³-hybridized carbons (Fsp3) is 0.278. The normalized spacial score (nSPS) is 11.0. The molecule has 0 aliphatic heterocycles. The highest BCUT2D eigenvalue weighted by molar-refractivity contribution is 7.20. The van der Waals surface area contributed by atoms with Crippen LogP contribution in [0, 0.1) is 6.92 Å². The van der Waals surface area contributed by atoms with Gasteiger partial charge in [0.25, 0.3) is 11.5 Å². The summed E-state index contributed by atoms with van der Waals surface area (Å²) in [5, 5.41) is 12.7. The predicted octanol–water partition coefficient (Wildman–Crippen LogP) is 2.46. The first-order valence-corrected chi connectivity index (χ1v) is 8.87. The third kappa shape index (κ3) is 3.41. The van der Waals surface area contributed by atoms with Crippen molar-refractivity contribution in [1.29, 1.82) is 0 Å². The summed E-state index contributed by atoms with van der Waals surface area (Å²) < 4.78 is 1.54. The Kier molecular flexibility index (Phi) is 4.85. The molecule has 3 aromatic rings. The van der Waals surface area contributed by atoms with Crippen molar-refractivity contribution < 1.29 is 9.90 Å². The van der Waals surface area contributed by atoms with Gasteiger partial charge in [0.1, 0.15) is 10.6 Å². The van der Waals surface area contributed by atoms with E-state index in [0.717, 1.165) is 5.56 Å². The highest BCUT2D eigenvalue weighted by Crippen LogP contribution is 2.26. The average molecular weight is 357 g/mol. The molecule has 3 rings (SSSR count). The van der Waals surface area contributed by atoms with Crippen molar-refractivity contribution in [3.05, 3.63) is 57.0 Å². The van der Waals surface area contributed by atoms with Gasteiger partial charge < -0.3 is 10.4 Å². The first kappa shape index (κ1) is 17.2. The van der Waals surface area contributed by atoms with Gasteiger partial charge in [-0.2, -0.15) is 0 Å². The summed E-state index contributed by atoms with van der Waals surface area (Å²) in [6.07, 6.45) is 2.18. The number of thiophene rings is 1. The summed E-state index contributed by atoms with van der Waals surface area (Å²) in [6, 6.07) is 6.89. The molecular formula is C18H19N3O3S. The molecule has 1 amide bonds. The Balaban J connectivity index is 1.76. The number of aromatic nitrogens is 2. The number of carbonyl (C=O) groups excluding carboxylic acids is 1. The van der Waals surface area contributed by atoms with Crippen LogP contribution < -0.4 is 10.9 Å². The number of aromatic hydroxyl groups is 1. The van der Waals surface area contributed by atoms with Crippen LogP contribution in [-0.4, -0.2) is 27.1 Å². The fourth-order valence-electron chi connectivity index (χ4n) is 2.66. The molecule has 0 aliphatic rings. The lowest BCUT2D eigenvalue weighted by Crippen LogP contribution is -2.25. The van der Waals surface area contributed by atoms with Crippen LogP contribution in [0.2, 0.25) is 0 Å². The quantitative estimate of drug-likeness (QED) is 0.735. The SMILES string of the molecule is CCn1cnc2sc(C(=O)NCCc3ccc(O)cc3)c(C)c2c1=O. The number of nitrogens with zero attached hydrogens (tertiary/aromatic N) is 2. The van der Waals surface area contributed by atoms with Crippen LogP contribution in [0.4, 0.5) is 0 Å². The number of amides is 1. The van der Waals surface area contributed by atoms with Gasteiger partial charge in [-0.15, -0.1) is 11.3 Å². The van der Waals surface area contributed by atoms with Crippen LogP contribution in [0.5, 0.6) is 5.75 Å². The maximum Gasteiger partial charge on any atom is 0.262 e. The molecule has 1 aromatic carbocycles. The highest BCUT2D eigenvalue weighted by atomic mass is 32.1. The fourth-order valence-corrected chi connectivity index (χ4v) is 3.72. The number of fused-ring (bicyclic) bond motifs is 1. The van der Waals surface area contributed by atoms with E-state index in [9.17, 15) is 14.7 Å². The summed E-state index contributed by atoms with van der Waals surface area (Å²) >= 11 is 1.24. The lowest BCUT2D eigenvalue weighted by molar-refractivity contribution is 0.0957. The Morgan fingerprint density at radius 2 is 2.04 bits per heavy atom. The smallest absolute Gasteiger partial charge is 0.262 e. The third-order valence-corrected chi connectivity index (χ3v) is 5.30. The standard InChI is InChI=1S/C18H19N3O3S/c1-3-21-10-20-17-14(18(21)24)11(2)15(25-17)16(23)19-9-8-12-4-6-13(22)7-5-12/h4-7,10,22H,3,8-9H2,1-2H3,(H,19,23). The number of phenolic OH excluding ortho intramolecular Hbond substituents is 1. The minimum absolute atomic E-state index is 0.107. The zero-order valence-electron chi connectivity index (χ0n) is 14.1. The van der Waals surface area contributed by atoms with Crippen LogP contribution in [0.1, 0.15) is 27.7 Å². The molecule has 0 saturated carbocycles. The van der Waals surface area contributed by atoms with Crippen LogP contribution in [0.3, 0.4) is 0 Å². The maximum absolute atomic E-state index is 12.5. The van der Waals surface area contributed by atoms with Crippen molar-refractivity contribution in [3.8, 4) is 5.75 Å². The zero-order chi connectivity index (χ0) is 18.0. The van der Waals surface area contributed by atoms with Gasteiger partial charge in [0, 0.05) is 13.1 Å². The second-order valence-electron chi connectivity index (χ2n) is 5.74. The Morgan fingerprint density at radius 1 is 1.32 bits per heavy atom. The van der Waals surface area contributed by atoms with Crippen molar-refractivity contribution in [2.45, 2.75) is 26.8 Å². The molecule has 0 radical (unpaired) electrons. The molecular weight excluding hydrogens is 338 g/mol. The second kappa shape index (κ2) is 7.06. The molecule has 6 nitrogen and oxygen atoms in total. The molecule has 0 aliphatic carbocycles. The van der Waals surface area contributed by atoms with E-state index in [1.54, 1.807) is 19.1 Å². The van der Waals surface area contributed by atoms with Gasteiger partial charge in [-0.3, -0.25) is 14.2 Å². The topological polar surface area (TPSA) is 84.2 Å². The Bertz CT molecular complexity index is 974. The first-order chi connectivity index (χ1) is 12.0. The second-order valence-corrected chi connectivity index (χ2v) is 6.74. The summed E-state index contributed by atoms with van der Waals surface area (Å²) in [7, 11) is 0. The van der Waals surface area contributed by atoms with E-state index in [1.165, 1.54) is 22.2 Å². The van der Waals surface area contributed by atoms with Crippen LogP contribution >= 0.6 is 11.3 Å². The van der Waals surface area contributed by atoms with Crippen molar-refractivity contribution in [3.63, 3.8) is 0 Å². The van der Waals surface area contributed by atoms with Gasteiger partial charge in [0.05, 0.1) is 16.6 Å². The van der Waals surface area contributed by atoms with Crippen molar-refractivity contribution in [1.82, 2.24) is 14.9 Å². The molecule has 0 atom stereocenters. The van der Waals surface area contributed by atoms with E-state index in [4.69, 9.17) is 0 Å². The summed E-state index contributed by atoms with van der Waals surface area (Å²) in [5.41, 5.74) is 1.60. The molecule has 0 fully saturated rings. The molecule has 2 aromatic heterocycles. The average Bonchev–Trinajstić information content (AvgIpc) is 2.94. The van der Waals surface area contributed by atoms with Crippen LogP contribution in [0.25, 0.3) is 10.2 Å². The predicted molar refractivity (Wildman–Crippen MR) is 98.4 cm³/mol. The number of benzene rings is 1. The number of hydrogen-bond acceptors (Lipinski definition) is 5. The molecule has 0 bridgehead atoms. The molecule has 7 heteroatoms. The van der Waals surface area contributed by atoms with Crippen LogP contribution in [-0.2, 0) is 13.0 Å². The summed E-state index contributed by atoms with van der Waals surface area (Å²) in [4.78, 5) is 30.3. The van der Waals surface area contributed by atoms with Gasteiger partial charge in [0.15, 0.2) is 0 Å². The first-order valence-electron chi connectivity index (χ1n) is 8.06. The largest absolute Gasteiger partial charge is 0.508 e. The van der Waals surface area contributed by atoms with Gasteiger partial charge in [-0.25, -0.2) is 4.98 Å². The molecule has 0 saturated heterocycles. The maximum atomic E-state index is 12.5. The Labute approximate surface area is 148 Å². The van der Waals surface area contributed by atoms with E-state index in [-0.39, 0.29) is 17.2 Å². The van der Waals surface area contributed by atoms with E-state index < -0.39 is 0 Å². The van der Waals surface area contributed by atoms with Gasteiger partial charge in [-0.05, 0) is 43.5 Å². The van der Waals surface area contributed by atoms with Crippen molar-refractivity contribution in [2.24, 2.45) is 0 Å². The number of aryl methyl sites for hydroxylation is 2.